The molecule has 0 aliphatic carbocycles. The molecule has 0 spiro atoms. The van der Waals surface area contributed by atoms with E-state index in [0.29, 0.717) is 25.0 Å². The number of ether oxygens (including phenoxy) is 1. The van der Waals surface area contributed by atoms with Gasteiger partial charge in [0, 0.05) is 32.0 Å². The Kier molecular flexibility index (Phi) is 13.7. The number of halogens is 1. The first-order valence-electron chi connectivity index (χ1n) is 11.2. The number of anilines is 1. The summed E-state index contributed by atoms with van der Waals surface area (Å²) >= 11 is 0. The van der Waals surface area contributed by atoms with Gasteiger partial charge in [-0.05, 0) is 62.1 Å². The maximum absolute atomic E-state index is 12.3. The smallest absolute Gasteiger partial charge is 0.253 e. The van der Waals surface area contributed by atoms with Crippen LogP contribution in [0.2, 0.25) is 0 Å². The first kappa shape index (κ1) is 27.6. The van der Waals surface area contributed by atoms with Crippen LogP contribution in [0.15, 0.2) is 29.3 Å². The monoisotopic (exact) mass is 546 g/mol. The lowest BCUT2D eigenvalue weighted by atomic mass is 9.94. The Morgan fingerprint density at radius 3 is 2.77 bits per heavy atom. The number of guanidine groups is 1. The van der Waals surface area contributed by atoms with Crippen molar-refractivity contribution in [3.63, 3.8) is 0 Å². The number of nitrogens with zero attached hydrogens (tertiary/aromatic N) is 1. The number of carbonyl (C=O) groups excluding carboxylic acids is 1. The van der Waals surface area contributed by atoms with E-state index in [1.165, 1.54) is 0 Å². The van der Waals surface area contributed by atoms with Gasteiger partial charge >= 0.3 is 0 Å². The molecule has 0 saturated carbocycles. The van der Waals surface area contributed by atoms with Gasteiger partial charge in [-0.1, -0.05) is 26.0 Å². The molecule has 1 aromatic rings. The molecular weight excluding hydrogens is 507 g/mol. The van der Waals surface area contributed by atoms with E-state index in [1.807, 2.05) is 31.2 Å². The van der Waals surface area contributed by atoms with Gasteiger partial charge in [0.1, 0.15) is 6.10 Å². The molecule has 31 heavy (non-hydrogen) atoms. The predicted octanol–water partition coefficient (Wildman–Crippen LogP) is 3.52. The fraction of sp³-hybridized carbons (Fsp3) is 0.652. The number of nitrogens with one attached hydrogen (secondary N) is 3. The molecule has 2 unspecified atom stereocenters. The van der Waals surface area contributed by atoms with E-state index in [0.717, 1.165) is 56.0 Å². The second-order valence-electron chi connectivity index (χ2n) is 8.28. The quantitative estimate of drug-likeness (QED) is 0.194. The molecule has 176 valence electrons. The van der Waals surface area contributed by atoms with Gasteiger partial charge < -0.3 is 25.8 Å². The van der Waals surface area contributed by atoms with Crippen molar-refractivity contribution in [1.29, 1.82) is 0 Å². The van der Waals surface area contributed by atoms with Crippen molar-refractivity contribution < 1.29 is 14.6 Å². The minimum Gasteiger partial charge on any atom is -0.396 e. The fourth-order valence-corrected chi connectivity index (χ4v) is 3.66. The molecule has 1 saturated heterocycles. The van der Waals surface area contributed by atoms with Gasteiger partial charge in [0.15, 0.2) is 5.96 Å². The zero-order valence-corrected chi connectivity index (χ0v) is 21.4. The molecule has 7 nitrogen and oxygen atoms in total. The molecule has 1 aliphatic heterocycles. The highest BCUT2D eigenvalue weighted by atomic mass is 127. The average molecular weight is 546 g/mol. The first-order valence-corrected chi connectivity index (χ1v) is 11.2. The molecule has 0 aromatic heterocycles. The zero-order chi connectivity index (χ0) is 21.8. The van der Waals surface area contributed by atoms with Crippen molar-refractivity contribution in [3.05, 3.63) is 29.8 Å². The Balaban J connectivity index is 0.00000480. The van der Waals surface area contributed by atoms with E-state index in [-0.39, 0.29) is 42.6 Å². The van der Waals surface area contributed by atoms with Crippen LogP contribution >= 0.6 is 24.0 Å². The number of carbonyl (C=O) groups is 1. The molecule has 1 heterocycles. The molecule has 0 radical (unpaired) electrons. The minimum absolute atomic E-state index is 0. The second-order valence-corrected chi connectivity index (χ2v) is 8.28. The number of hydrogen-bond acceptors (Lipinski definition) is 4. The third-order valence-corrected chi connectivity index (χ3v) is 5.08. The maximum Gasteiger partial charge on any atom is 0.253 e. The lowest BCUT2D eigenvalue weighted by Crippen LogP contribution is -2.40. The Labute approximate surface area is 203 Å². The summed E-state index contributed by atoms with van der Waals surface area (Å²) in [6.45, 7) is 9.37. The molecule has 2 atom stereocenters. The van der Waals surface area contributed by atoms with Crippen LogP contribution in [-0.2, 0) is 16.1 Å². The molecule has 1 amide bonds. The number of rotatable bonds is 11. The Morgan fingerprint density at radius 1 is 1.32 bits per heavy atom. The Morgan fingerprint density at radius 2 is 2.13 bits per heavy atom. The topological polar surface area (TPSA) is 95.0 Å². The summed E-state index contributed by atoms with van der Waals surface area (Å²) in [6, 6.07) is 7.76. The third kappa shape index (κ3) is 10.7. The fourth-order valence-electron chi connectivity index (χ4n) is 3.66. The van der Waals surface area contributed by atoms with Gasteiger partial charge in [0.2, 0.25) is 0 Å². The summed E-state index contributed by atoms with van der Waals surface area (Å²) in [7, 11) is 0. The molecule has 4 N–H and O–H groups in total. The van der Waals surface area contributed by atoms with Crippen LogP contribution in [0.4, 0.5) is 5.69 Å². The standard InChI is InChI=1S/C23H38N4O3.HI/c1-4-24-23(26-16-19(10-11-28)13-17(2)3)25-15-18-7-5-8-20(14-18)27-22(29)21-9-6-12-30-21;/h5,7-8,14,17,19,21,28H,4,6,9-13,15-16H2,1-3H3,(H,27,29)(H2,24,25,26);1H. The van der Waals surface area contributed by atoms with Crippen molar-refractivity contribution in [2.75, 3.05) is 31.6 Å². The van der Waals surface area contributed by atoms with Crippen LogP contribution in [0, 0.1) is 11.8 Å². The normalized spacial score (nSPS) is 17.2. The summed E-state index contributed by atoms with van der Waals surface area (Å²) in [5, 5.41) is 18.9. The largest absolute Gasteiger partial charge is 0.396 e. The summed E-state index contributed by atoms with van der Waals surface area (Å²) in [6.07, 6.45) is 3.23. The average Bonchev–Trinajstić information content (AvgIpc) is 3.25. The van der Waals surface area contributed by atoms with Crippen LogP contribution in [0.3, 0.4) is 0 Å². The molecule has 2 rings (SSSR count). The van der Waals surface area contributed by atoms with E-state index < -0.39 is 0 Å². The van der Waals surface area contributed by atoms with Crippen molar-refractivity contribution >= 4 is 41.5 Å². The van der Waals surface area contributed by atoms with Crippen LogP contribution in [-0.4, -0.2) is 49.4 Å². The number of benzene rings is 1. The number of aliphatic imine (C=N–C) groups is 1. The third-order valence-electron chi connectivity index (χ3n) is 5.08. The zero-order valence-electron chi connectivity index (χ0n) is 19.0. The summed E-state index contributed by atoms with van der Waals surface area (Å²) < 4.78 is 5.44. The van der Waals surface area contributed by atoms with Crippen LogP contribution in [0.5, 0.6) is 0 Å². The molecule has 8 heteroatoms. The SMILES string of the molecule is CCNC(=NCc1cccc(NC(=O)C2CCCO2)c1)NCC(CCO)CC(C)C.I. The highest BCUT2D eigenvalue weighted by Crippen LogP contribution is 2.17. The van der Waals surface area contributed by atoms with Crippen molar-refractivity contribution in [2.45, 2.75) is 59.1 Å². The Hall–Kier alpha value is -1.39. The molecule has 1 aromatic carbocycles. The van der Waals surface area contributed by atoms with Gasteiger partial charge in [-0.2, -0.15) is 0 Å². The van der Waals surface area contributed by atoms with E-state index >= 15 is 0 Å². The van der Waals surface area contributed by atoms with Gasteiger partial charge in [0.05, 0.1) is 6.54 Å². The Bertz CT molecular complexity index is 679. The minimum atomic E-state index is -0.339. The van der Waals surface area contributed by atoms with Crippen LogP contribution in [0.1, 0.15) is 52.0 Å². The molecule has 0 bridgehead atoms. The first-order chi connectivity index (χ1) is 14.5. The van der Waals surface area contributed by atoms with Gasteiger partial charge in [0.25, 0.3) is 5.91 Å². The number of aliphatic hydroxyl groups excluding tert-OH is 1. The summed E-state index contributed by atoms with van der Waals surface area (Å²) in [4.78, 5) is 16.9. The molecule has 1 aliphatic rings. The van der Waals surface area contributed by atoms with Crippen molar-refractivity contribution in [3.8, 4) is 0 Å². The van der Waals surface area contributed by atoms with Gasteiger partial charge in [-0.3, -0.25) is 4.79 Å². The second kappa shape index (κ2) is 15.4. The van der Waals surface area contributed by atoms with E-state index in [2.05, 4.69) is 34.8 Å². The van der Waals surface area contributed by atoms with E-state index in [4.69, 9.17) is 4.74 Å². The number of amides is 1. The maximum atomic E-state index is 12.3. The van der Waals surface area contributed by atoms with Crippen molar-refractivity contribution in [1.82, 2.24) is 10.6 Å². The summed E-state index contributed by atoms with van der Waals surface area (Å²) in [5.41, 5.74) is 1.78. The van der Waals surface area contributed by atoms with Crippen molar-refractivity contribution in [2.24, 2.45) is 16.8 Å². The number of hydrogen-bond donors (Lipinski definition) is 4. The number of aliphatic hydroxyl groups is 1. The predicted molar refractivity (Wildman–Crippen MR) is 137 cm³/mol. The molecular formula is C23H39IN4O3. The molecule has 1 fully saturated rings. The van der Waals surface area contributed by atoms with Crippen LogP contribution in [0.25, 0.3) is 0 Å². The highest BCUT2D eigenvalue weighted by Gasteiger charge is 2.23. The lowest BCUT2D eigenvalue weighted by molar-refractivity contribution is -0.124. The van der Waals surface area contributed by atoms with Crippen LogP contribution < -0.4 is 16.0 Å². The van der Waals surface area contributed by atoms with Gasteiger partial charge in [-0.25, -0.2) is 4.99 Å². The van der Waals surface area contributed by atoms with E-state index in [1.54, 1.807) is 0 Å². The summed E-state index contributed by atoms with van der Waals surface area (Å²) in [5.74, 6) is 1.69. The van der Waals surface area contributed by atoms with Gasteiger partial charge in [-0.15, -0.1) is 24.0 Å². The van der Waals surface area contributed by atoms with E-state index in [9.17, 15) is 9.90 Å². The lowest BCUT2D eigenvalue weighted by Gasteiger charge is -2.20. The highest BCUT2D eigenvalue weighted by molar-refractivity contribution is 14.0.